The molecule has 0 saturated heterocycles. The Balaban J connectivity index is 2.18. The molecule has 1 aliphatic rings. The van der Waals surface area contributed by atoms with Gasteiger partial charge in [0.25, 0.3) is 5.69 Å². The minimum atomic E-state index is -0.354. The Hall–Kier alpha value is -0.800. The summed E-state index contributed by atoms with van der Waals surface area (Å²) in [5.74, 6) is 1.60. The topological polar surface area (TPSA) is 43.1 Å². The normalized spacial score (nSPS) is 26.0. The van der Waals surface area contributed by atoms with Crippen LogP contribution in [0.5, 0.6) is 0 Å². The number of benzene rings is 1. The fourth-order valence-electron chi connectivity index (χ4n) is 3.24. The molecule has 1 saturated carbocycles. The minimum absolute atomic E-state index is 0.107. The Labute approximate surface area is 135 Å². The van der Waals surface area contributed by atoms with E-state index < -0.39 is 0 Å². The van der Waals surface area contributed by atoms with Gasteiger partial charge in [-0.25, -0.2) is 0 Å². The fraction of sp³-hybridized carbons (Fsp3) is 0.625. The van der Waals surface area contributed by atoms with Crippen LogP contribution in [0, 0.1) is 27.9 Å². The van der Waals surface area contributed by atoms with Crippen molar-refractivity contribution in [1.82, 2.24) is 0 Å². The second-order valence-corrected chi connectivity index (χ2v) is 7.32. The van der Waals surface area contributed by atoms with Gasteiger partial charge in [-0.15, -0.1) is 11.6 Å². The highest BCUT2D eigenvalue weighted by molar-refractivity contribution is 6.30. The minimum Gasteiger partial charge on any atom is -0.258 e. The molecule has 1 aliphatic carbocycles. The molecule has 0 radical (unpaired) electrons. The van der Waals surface area contributed by atoms with Gasteiger partial charge in [0, 0.05) is 22.0 Å². The maximum atomic E-state index is 11.2. The van der Waals surface area contributed by atoms with Crippen LogP contribution in [0.15, 0.2) is 18.2 Å². The molecule has 3 unspecified atom stereocenters. The molecule has 21 heavy (non-hydrogen) atoms. The lowest BCUT2D eigenvalue weighted by Crippen LogP contribution is -2.29. The molecule has 3 nitrogen and oxygen atoms in total. The average molecular weight is 330 g/mol. The predicted octanol–water partition coefficient (Wildman–Crippen LogP) is 5.47. The van der Waals surface area contributed by atoms with Crippen molar-refractivity contribution in [2.75, 3.05) is 0 Å². The van der Waals surface area contributed by atoms with Crippen molar-refractivity contribution >= 4 is 28.9 Å². The standard InChI is InChI=1S/C16H21Cl2NO2/c1-10(2)11-4-6-15(18)13(7-11)8-12-3-5-14(17)9-16(12)19(20)21/h3,5,9-11,13,15H,4,6-8H2,1-2H3. The quantitative estimate of drug-likeness (QED) is 0.417. The summed E-state index contributed by atoms with van der Waals surface area (Å²) in [5.41, 5.74) is 0.850. The van der Waals surface area contributed by atoms with Gasteiger partial charge in [0.05, 0.1) is 4.92 Å². The Bertz CT molecular complexity index is 519. The Kier molecular flexibility index (Phi) is 5.50. The van der Waals surface area contributed by atoms with E-state index in [0.717, 1.165) is 24.8 Å². The van der Waals surface area contributed by atoms with Crippen molar-refractivity contribution in [1.29, 1.82) is 0 Å². The van der Waals surface area contributed by atoms with Gasteiger partial charge >= 0.3 is 0 Å². The van der Waals surface area contributed by atoms with Gasteiger partial charge in [0.1, 0.15) is 0 Å². The van der Waals surface area contributed by atoms with Crippen molar-refractivity contribution < 1.29 is 4.92 Å². The predicted molar refractivity (Wildman–Crippen MR) is 87.1 cm³/mol. The first-order valence-corrected chi connectivity index (χ1v) is 8.26. The number of rotatable bonds is 4. The van der Waals surface area contributed by atoms with E-state index in [1.54, 1.807) is 12.1 Å². The fourth-order valence-corrected chi connectivity index (χ4v) is 3.73. The molecule has 0 N–H and O–H groups in total. The third-order valence-electron chi connectivity index (χ3n) is 4.60. The number of hydrogen-bond donors (Lipinski definition) is 0. The number of nitro benzene ring substituents is 1. The maximum Gasteiger partial charge on any atom is 0.274 e. The van der Waals surface area contributed by atoms with Gasteiger partial charge in [0.15, 0.2) is 0 Å². The van der Waals surface area contributed by atoms with Crippen molar-refractivity contribution in [2.45, 2.75) is 44.9 Å². The van der Waals surface area contributed by atoms with Crippen molar-refractivity contribution in [3.05, 3.63) is 38.9 Å². The van der Waals surface area contributed by atoms with E-state index in [9.17, 15) is 10.1 Å². The summed E-state index contributed by atoms with van der Waals surface area (Å²) in [7, 11) is 0. The van der Waals surface area contributed by atoms with E-state index in [2.05, 4.69) is 13.8 Å². The molecule has 1 fully saturated rings. The molecule has 1 aromatic rings. The average Bonchev–Trinajstić information content (AvgIpc) is 2.42. The number of hydrogen-bond acceptors (Lipinski definition) is 2. The molecular formula is C16H21Cl2NO2. The monoisotopic (exact) mass is 329 g/mol. The maximum absolute atomic E-state index is 11.2. The number of halogens is 2. The highest BCUT2D eigenvalue weighted by Gasteiger charge is 2.32. The van der Waals surface area contributed by atoms with E-state index in [4.69, 9.17) is 23.2 Å². The van der Waals surface area contributed by atoms with Crippen LogP contribution in [0.25, 0.3) is 0 Å². The first-order chi connectivity index (χ1) is 9.88. The number of nitrogens with zero attached hydrogens (tertiary/aromatic N) is 1. The van der Waals surface area contributed by atoms with Crippen LogP contribution in [0.2, 0.25) is 5.02 Å². The third-order valence-corrected chi connectivity index (χ3v) is 5.41. The van der Waals surface area contributed by atoms with Gasteiger partial charge in [-0.2, -0.15) is 0 Å². The van der Waals surface area contributed by atoms with Gasteiger partial charge in [-0.1, -0.05) is 31.5 Å². The number of alkyl halides is 1. The van der Waals surface area contributed by atoms with Crippen LogP contribution in [0.4, 0.5) is 5.69 Å². The third kappa shape index (κ3) is 4.10. The molecule has 5 heteroatoms. The highest BCUT2D eigenvalue weighted by atomic mass is 35.5. The second kappa shape index (κ2) is 6.97. The smallest absolute Gasteiger partial charge is 0.258 e. The zero-order chi connectivity index (χ0) is 15.6. The van der Waals surface area contributed by atoms with Crippen molar-refractivity contribution in [3.63, 3.8) is 0 Å². The summed E-state index contributed by atoms with van der Waals surface area (Å²) in [6.07, 6.45) is 3.86. The summed E-state index contributed by atoms with van der Waals surface area (Å²) in [4.78, 5) is 10.8. The Morgan fingerprint density at radius 2 is 2.10 bits per heavy atom. The van der Waals surface area contributed by atoms with Gasteiger partial charge in [-0.05, 0) is 49.5 Å². The summed E-state index contributed by atoms with van der Waals surface area (Å²) < 4.78 is 0. The van der Waals surface area contributed by atoms with E-state index in [1.165, 1.54) is 6.07 Å². The molecule has 2 rings (SSSR count). The highest BCUT2D eigenvalue weighted by Crippen LogP contribution is 2.39. The summed E-state index contributed by atoms with van der Waals surface area (Å²) >= 11 is 12.3. The Morgan fingerprint density at radius 3 is 2.71 bits per heavy atom. The van der Waals surface area contributed by atoms with E-state index in [1.807, 2.05) is 0 Å². The molecule has 0 aromatic heterocycles. The molecule has 0 spiro atoms. The second-order valence-electron chi connectivity index (χ2n) is 6.33. The zero-order valence-corrected chi connectivity index (χ0v) is 13.9. The SMILES string of the molecule is CC(C)C1CCC(Cl)C(Cc2ccc(Cl)cc2[N+](=O)[O-])C1. The summed E-state index contributed by atoms with van der Waals surface area (Å²) in [5, 5.41) is 11.7. The molecule has 0 heterocycles. The molecular weight excluding hydrogens is 309 g/mol. The van der Waals surface area contributed by atoms with Crippen LogP contribution in [-0.2, 0) is 6.42 Å². The number of nitro groups is 1. The molecule has 116 valence electrons. The molecule has 3 atom stereocenters. The lowest BCUT2D eigenvalue weighted by molar-refractivity contribution is -0.385. The van der Waals surface area contributed by atoms with Crippen molar-refractivity contribution in [2.24, 2.45) is 17.8 Å². The van der Waals surface area contributed by atoms with Gasteiger partial charge in [-0.3, -0.25) is 10.1 Å². The van der Waals surface area contributed by atoms with Crippen LogP contribution >= 0.6 is 23.2 Å². The summed E-state index contributed by atoms with van der Waals surface area (Å²) in [6, 6.07) is 4.92. The van der Waals surface area contributed by atoms with E-state index in [-0.39, 0.29) is 16.0 Å². The van der Waals surface area contributed by atoms with Gasteiger partial charge < -0.3 is 0 Å². The van der Waals surface area contributed by atoms with Crippen molar-refractivity contribution in [3.8, 4) is 0 Å². The largest absolute Gasteiger partial charge is 0.274 e. The van der Waals surface area contributed by atoms with Crippen LogP contribution < -0.4 is 0 Å². The molecule has 0 bridgehead atoms. The Morgan fingerprint density at radius 1 is 1.38 bits per heavy atom. The lowest BCUT2D eigenvalue weighted by atomic mass is 9.74. The van der Waals surface area contributed by atoms with Crippen LogP contribution in [0.3, 0.4) is 0 Å². The van der Waals surface area contributed by atoms with Crippen LogP contribution in [0.1, 0.15) is 38.7 Å². The van der Waals surface area contributed by atoms with Gasteiger partial charge in [0.2, 0.25) is 0 Å². The first-order valence-electron chi connectivity index (χ1n) is 7.45. The molecule has 0 aliphatic heterocycles. The lowest BCUT2D eigenvalue weighted by Gasteiger charge is -2.35. The van der Waals surface area contributed by atoms with Crippen LogP contribution in [-0.4, -0.2) is 10.3 Å². The summed E-state index contributed by atoms with van der Waals surface area (Å²) in [6.45, 7) is 4.47. The zero-order valence-electron chi connectivity index (χ0n) is 12.4. The van der Waals surface area contributed by atoms with E-state index >= 15 is 0 Å². The molecule has 1 aromatic carbocycles. The van der Waals surface area contributed by atoms with E-state index in [0.29, 0.717) is 29.2 Å². The molecule has 0 amide bonds. The first kappa shape index (κ1) is 16.6.